The van der Waals surface area contributed by atoms with E-state index in [2.05, 4.69) is 6.92 Å². The van der Waals surface area contributed by atoms with Crippen LogP contribution in [0.2, 0.25) is 0 Å². The number of aliphatic hydroxyl groups is 3. The first-order valence-corrected chi connectivity index (χ1v) is 18.8. The van der Waals surface area contributed by atoms with Gasteiger partial charge < -0.3 is 34.3 Å². The van der Waals surface area contributed by atoms with Crippen molar-refractivity contribution in [1.29, 1.82) is 0 Å². The van der Waals surface area contributed by atoms with Gasteiger partial charge in [0.05, 0.1) is 48.6 Å². The molecule has 0 aliphatic carbocycles. The quantitative estimate of drug-likeness (QED) is 0.0714. The summed E-state index contributed by atoms with van der Waals surface area (Å²) in [4.78, 5) is 23.1. The molecule has 0 aromatic carbocycles. The molecule has 0 bridgehead atoms. The van der Waals surface area contributed by atoms with Gasteiger partial charge in [-0.2, -0.15) is 0 Å². The second kappa shape index (κ2) is 21.7. The minimum absolute atomic E-state index is 0.00262. The zero-order valence-electron chi connectivity index (χ0n) is 28.5. The Kier molecular flexibility index (Phi) is 18.5. The number of ketones is 1. The summed E-state index contributed by atoms with van der Waals surface area (Å²) in [5.41, 5.74) is 0. The van der Waals surface area contributed by atoms with Crippen LogP contribution in [0.3, 0.4) is 0 Å². The highest BCUT2D eigenvalue weighted by molar-refractivity contribution is 5.83. The highest BCUT2D eigenvalue weighted by Crippen LogP contribution is 2.35. The van der Waals surface area contributed by atoms with E-state index in [1.807, 2.05) is 0 Å². The van der Waals surface area contributed by atoms with E-state index in [-0.39, 0.29) is 54.3 Å². The summed E-state index contributed by atoms with van der Waals surface area (Å²) >= 11 is 0. The molecule has 3 fully saturated rings. The molecule has 3 saturated heterocycles. The smallest absolute Gasteiger partial charge is 0.309 e. The van der Waals surface area contributed by atoms with Gasteiger partial charge in [0.25, 0.3) is 0 Å². The number of carbonyl (C=O) groups excluding carboxylic acids is 2. The number of carbonyl (C=O) groups is 2. The van der Waals surface area contributed by atoms with Crippen LogP contribution in [0, 0.1) is 5.92 Å². The molecule has 3 N–H and O–H groups in total. The summed E-state index contributed by atoms with van der Waals surface area (Å²) in [6.45, 7) is 3.73. The summed E-state index contributed by atoms with van der Waals surface area (Å²) in [6.07, 6.45) is 21.7. The SMILES string of the molecule is CCCCCC[C@H](O)CCC[C@H](O)[C@@H]1CC[C@@H]([C@@H]2CC[C@@H]([C@H](O)CCCCCCCCCC[C@@H]3C[C@@H](CC(C)=O)C(=O)O3)O2)O1. The largest absolute Gasteiger partial charge is 0.462 e. The van der Waals surface area contributed by atoms with E-state index in [9.17, 15) is 24.9 Å². The maximum Gasteiger partial charge on any atom is 0.309 e. The van der Waals surface area contributed by atoms with Crippen LogP contribution in [0.15, 0.2) is 0 Å². The fourth-order valence-electron chi connectivity index (χ4n) is 7.58. The number of Topliss-reactive ketones (excluding diaryl/α,β-unsaturated/α-hetero) is 1. The first-order chi connectivity index (χ1) is 21.8. The summed E-state index contributed by atoms with van der Waals surface area (Å²) in [7, 11) is 0. The number of esters is 1. The van der Waals surface area contributed by atoms with Crippen molar-refractivity contribution < 1.29 is 39.1 Å². The first kappa shape index (κ1) is 38.4. The monoisotopic (exact) mass is 638 g/mol. The highest BCUT2D eigenvalue weighted by atomic mass is 16.6. The molecule has 45 heavy (non-hydrogen) atoms. The molecule has 0 spiro atoms. The number of hydrogen-bond acceptors (Lipinski definition) is 8. The average molecular weight is 639 g/mol. The minimum Gasteiger partial charge on any atom is -0.462 e. The van der Waals surface area contributed by atoms with E-state index in [4.69, 9.17) is 14.2 Å². The normalized spacial score (nSPS) is 28.8. The van der Waals surface area contributed by atoms with Crippen LogP contribution in [0.4, 0.5) is 0 Å². The lowest BCUT2D eigenvalue weighted by Gasteiger charge is -2.24. The van der Waals surface area contributed by atoms with Gasteiger partial charge in [-0.25, -0.2) is 0 Å². The van der Waals surface area contributed by atoms with E-state index >= 15 is 0 Å². The third-order valence-electron chi connectivity index (χ3n) is 10.3. The van der Waals surface area contributed by atoms with Crippen LogP contribution in [0.5, 0.6) is 0 Å². The average Bonchev–Trinajstić information content (AvgIpc) is 3.76. The highest BCUT2D eigenvalue weighted by Gasteiger charge is 2.40. The number of ether oxygens (including phenoxy) is 3. The fraction of sp³-hybridized carbons (Fsp3) is 0.946. The fourth-order valence-corrected chi connectivity index (χ4v) is 7.58. The van der Waals surface area contributed by atoms with Crippen molar-refractivity contribution in [2.24, 2.45) is 5.92 Å². The van der Waals surface area contributed by atoms with Crippen molar-refractivity contribution in [2.75, 3.05) is 0 Å². The zero-order chi connectivity index (χ0) is 32.4. The maximum atomic E-state index is 11.9. The summed E-state index contributed by atoms with van der Waals surface area (Å²) < 4.78 is 17.9. The molecule has 3 rings (SSSR count). The molecule has 8 heteroatoms. The van der Waals surface area contributed by atoms with E-state index in [0.29, 0.717) is 19.3 Å². The van der Waals surface area contributed by atoms with Crippen molar-refractivity contribution in [2.45, 2.75) is 217 Å². The van der Waals surface area contributed by atoms with Crippen molar-refractivity contribution in [3.63, 3.8) is 0 Å². The molecule has 3 heterocycles. The molecule has 9 atom stereocenters. The van der Waals surface area contributed by atoms with Gasteiger partial charge in [-0.3, -0.25) is 4.79 Å². The molecule has 3 aliphatic rings. The summed E-state index contributed by atoms with van der Waals surface area (Å²) in [5.74, 6) is -0.366. The van der Waals surface area contributed by atoms with Gasteiger partial charge in [0.15, 0.2) is 0 Å². The molecule has 0 aromatic rings. The maximum absolute atomic E-state index is 11.9. The second-order valence-electron chi connectivity index (χ2n) is 14.5. The number of aliphatic hydroxyl groups excluding tert-OH is 3. The van der Waals surface area contributed by atoms with E-state index < -0.39 is 12.2 Å². The molecular formula is C37H66O8. The van der Waals surface area contributed by atoms with E-state index in [0.717, 1.165) is 89.9 Å². The molecular weight excluding hydrogens is 572 g/mol. The van der Waals surface area contributed by atoms with Gasteiger partial charge in [0, 0.05) is 6.42 Å². The Morgan fingerprint density at radius 1 is 0.711 bits per heavy atom. The number of unbranched alkanes of at least 4 members (excludes halogenated alkanes) is 10. The van der Waals surface area contributed by atoms with Crippen LogP contribution < -0.4 is 0 Å². The van der Waals surface area contributed by atoms with Gasteiger partial charge in [-0.15, -0.1) is 0 Å². The van der Waals surface area contributed by atoms with Crippen molar-refractivity contribution in [3.8, 4) is 0 Å². The lowest BCUT2D eigenvalue weighted by molar-refractivity contribution is -0.145. The molecule has 0 saturated carbocycles. The summed E-state index contributed by atoms with van der Waals surface area (Å²) in [6, 6.07) is 0. The Labute approximate surface area is 273 Å². The predicted octanol–water partition coefficient (Wildman–Crippen LogP) is 7.12. The van der Waals surface area contributed by atoms with Gasteiger partial charge in [-0.05, 0) is 84.0 Å². The molecule has 0 amide bonds. The Morgan fingerprint density at radius 3 is 1.82 bits per heavy atom. The zero-order valence-corrected chi connectivity index (χ0v) is 28.5. The van der Waals surface area contributed by atoms with E-state index in [1.54, 1.807) is 0 Å². The predicted molar refractivity (Wildman–Crippen MR) is 176 cm³/mol. The Morgan fingerprint density at radius 2 is 1.22 bits per heavy atom. The molecule has 262 valence electrons. The van der Waals surface area contributed by atoms with Gasteiger partial charge in [0.2, 0.25) is 0 Å². The van der Waals surface area contributed by atoms with Crippen LogP contribution in [-0.4, -0.2) is 75.9 Å². The third-order valence-corrected chi connectivity index (χ3v) is 10.3. The molecule has 3 aliphatic heterocycles. The van der Waals surface area contributed by atoms with Gasteiger partial charge >= 0.3 is 5.97 Å². The minimum atomic E-state index is -0.490. The summed E-state index contributed by atoms with van der Waals surface area (Å²) in [5, 5.41) is 31.7. The Balaban J connectivity index is 1.14. The van der Waals surface area contributed by atoms with Crippen molar-refractivity contribution >= 4 is 11.8 Å². The topological polar surface area (TPSA) is 123 Å². The van der Waals surface area contributed by atoms with Crippen molar-refractivity contribution in [3.05, 3.63) is 0 Å². The molecule has 0 radical (unpaired) electrons. The lowest BCUT2D eigenvalue weighted by atomic mass is 9.96. The Bertz CT molecular complexity index is 820. The van der Waals surface area contributed by atoms with Gasteiger partial charge in [0.1, 0.15) is 11.9 Å². The first-order valence-electron chi connectivity index (χ1n) is 18.8. The molecule has 8 nitrogen and oxygen atoms in total. The van der Waals surface area contributed by atoms with Crippen LogP contribution in [0.25, 0.3) is 0 Å². The van der Waals surface area contributed by atoms with Crippen LogP contribution >= 0.6 is 0 Å². The standard InChI is InChI=1S/C37H66O8/c1-3-4-5-12-16-29(39)17-15-20-32(41)34-22-24-36(45-34)35-23-21-33(44-35)31(40)19-14-11-9-7-6-8-10-13-18-30-26-28(25-27(2)38)37(42)43-30/h28-36,39-41H,3-26H2,1-2H3/t28-,29+,30-,31-,32+,33+,34+,35+,36+/m1/s1. The Hall–Kier alpha value is -1.06. The number of cyclic esters (lactones) is 1. The third kappa shape index (κ3) is 14.7. The second-order valence-corrected chi connectivity index (χ2v) is 14.5. The van der Waals surface area contributed by atoms with Crippen LogP contribution in [-0.2, 0) is 23.8 Å². The van der Waals surface area contributed by atoms with E-state index in [1.165, 1.54) is 51.9 Å². The molecule has 0 aromatic heterocycles. The lowest BCUT2D eigenvalue weighted by Crippen LogP contribution is -2.33. The number of rotatable bonds is 25. The molecule has 0 unspecified atom stereocenters. The van der Waals surface area contributed by atoms with Gasteiger partial charge in [-0.1, -0.05) is 77.6 Å². The van der Waals surface area contributed by atoms with Crippen molar-refractivity contribution in [1.82, 2.24) is 0 Å². The van der Waals surface area contributed by atoms with Crippen LogP contribution in [0.1, 0.15) is 168 Å². The number of hydrogen-bond donors (Lipinski definition) is 3.